The highest BCUT2D eigenvalue weighted by Gasteiger charge is 2.33. The zero-order chi connectivity index (χ0) is 19.0. The third-order valence-corrected chi connectivity index (χ3v) is 4.09. The maximum Gasteiger partial charge on any atom is 0.417 e. The minimum atomic E-state index is -4.55. The molecule has 3 aromatic heterocycles. The molecule has 10 heteroatoms. The lowest BCUT2D eigenvalue weighted by Crippen LogP contribution is -2.07. The van der Waals surface area contributed by atoms with Gasteiger partial charge in [-0.15, -0.1) is 0 Å². The lowest BCUT2D eigenvalue weighted by molar-refractivity contribution is -0.137. The van der Waals surface area contributed by atoms with E-state index in [1.54, 1.807) is 24.5 Å². The van der Waals surface area contributed by atoms with Crippen LogP contribution in [0.3, 0.4) is 0 Å². The molecule has 3 heterocycles. The van der Waals surface area contributed by atoms with Crippen LogP contribution in [-0.2, 0) is 6.18 Å². The summed E-state index contributed by atoms with van der Waals surface area (Å²) in [6.07, 6.45) is 0.167. The van der Waals surface area contributed by atoms with Crippen LogP contribution in [0.2, 0.25) is 5.02 Å². The summed E-state index contributed by atoms with van der Waals surface area (Å²) >= 11 is 5.64. The predicted octanol–water partition coefficient (Wildman–Crippen LogP) is 4.60. The Kier molecular flexibility index (Phi) is 4.15. The Balaban J connectivity index is 1.68. The van der Waals surface area contributed by atoms with Crippen LogP contribution >= 0.6 is 11.6 Å². The predicted molar refractivity (Wildman–Crippen MR) is 93.7 cm³/mol. The van der Waals surface area contributed by atoms with Crippen LogP contribution in [0.1, 0.15) is 5.56 Å². The minimum Gasteiger partial charge on any atom is -0.324 e. The van der Waals surface area contributed by atoms with Crippen LogP contribution in [0.5, 0.6) is 0 Å². The van der Waals surface area contributed by atoms with Crippen molar-refractivity contribution in [2.45, 2.75) is 6.18 Å². The highest BCUT2D eigenvalue weighted by molar-refractivity contribution is 6.31. The Morgan fingerprint density at radius 1 is 1.04 bits per heavy atom. The molecule has 0 amide bonds. The van der Waals surface area contributed by atoms with E-state index in [9.17, 15) is 13.2 Å². The van der Waals surface area contributed by atoms with E-state index in [2.05, 4.69) is 25.5 Å². The van der Waals surface area contributed by atoms with Gasteiger partial charge in [-0.25, -0.2) is 9.97 Å². The molecular formula is C17H10ClF3N6. The number of rotatable bonds is 3. The third-order valence-electron chi connectivity index (χ3n) is 3.76. The van der Waals surface area contributed by atoms with E-state index in [4.69, 9.17) is 11.6 Å². The molecule has 0 aliphatic rings. The molecule has 0 aliphatic heterocycles. The summed E-state index contributed by atoms with van der Waals surface area (Å²) in [7, 11) is 0. The highest BCUT2D eigenvalue weighted by atomic mass is 35.5. The van der Waals surface area contributed by atoms with Gasteiger partial charge in [0.1, 0.15) is 0 Å². The fourth-order valence-corrected chi connectivity index (χ4v) is 2.77. The van der Waals surface area contributed by atoms with Crippen molar-refractivity contribution in [2.24, 2.45) is 0 Å². The molecule has 0 saturated carbocycles. The molecule has 0 aliphatic carbocycles. The molecule has 136 valence electrons. The first-order valence-corrected chi connectivity index (χ1v) is 8.06. The molecule has 27 heavy (non-hydrogen) atoms. The standard InChI is InChI=1S/C17H10ClF3N6/c18-13-4-3-10(8-12(13)17(19,20)21)25-16-22-7-5-14(26-16)11-9-24-27-15(11)2-1-6-23-27/h1-9H,(H,22,25,26). The molecule has 1 N–H and O–H groups in total. The first-order valence-electron chi connectivity index (χ1n) is 7.68. The number of nitrogens with one attached hydrogen (secondary N) is 1. The minimum absolute atomic E-state index is 0.145. The molecule has 0 unspecified atom stereocenters. The molecule has 4 aromatic rings. The van der Waals surface area contributed by atoms with Gasteiger partial charge in [0.05, 0.1) is 28.0 Å². The summed E-state index contributed by atoms with van der Waals surface area (Å²) in [5, 5.41) is 10.6. The second-order valence-electron chi connectivity index (χ2n) is 5.54. The van der Waals surface area contributed by atoms with Crippen molar-refractivity contribution < 1.29 is 13.2 Å². The van der Waals surface area contributed by atoms with Crippen molar-refractivity contribution in [3.05, 3.63) is 65.6 Å². The zero-order valence-corrected chi connectivity index (χ0v) is 14.2. The second-order valence-corrected chi connectivity index (χ2v) is 5.95. The number of benzene rings is 1. The van der Waals surface area contributed by atoms with E-state index in [-0.39, 0.29) is 16.7 Å². The number of aromatic nitrogens is 5. The molecule has 0 saturated heterocycles. The first kappa shape index (κ1) is 17.2. The highest BCUT2D eigenvalue weighted by Crippen LogP contribution is 2.36. The van der Waals surface area contributed by atoms with Crippen molar-refractivity contribution >= 4 is 28.8 Å². The Morgan fingerprint density at radius 2 is 1.89 bits per heavy atom. The molecule has 0 fully saturated rings. The van der Waals surface area contributed by atoms with Gasteiger partial charge in [0.15, 0.2) is 0 Å². The molecule has 1 aromatic carbocycles. The first-order chi connectivity index (χ1) is 12.9. The van der Waals surface area contributed by atoms with Crippen LogP contribution in [0.15, 0.2) is 55.0 Å². The van der Waals surface area contributed by atoms with Gasteiger partial charge in [-0.1, -0.05) is 11.6 Å². The van der Waals surface area contributed by atoms with Crippen molar-refractivity contribution in [3.63, 3.8) is 0 Å². The number of fused-ring (bicyclic) bond motifs is 1. The maximum absolute atomic E-state index is 13.0. The molecular weight excluding hydrogens is 381 g/mol. The van der Waals surface area contributed by atoms with Gasteiger partial charge < -0.3 is 5.32 Å². The van der Waals surface area contributed by atoms with Gasteiger partial charge in [0.25, 0.3) is 0 Å². The average molecular weight is 391 g/mol. The summed E-state index contributed by atoms with van der Waals surface area (Å²) in [5.41, 5.74) is 1.26. The van der Waals surface area contributed by atoms with Crippen LogP contribution in [0.4, 0.5) is 24.8 Å². The largest absolute Gasteiger partial charge is 0.417 e. The zero-order valence-electron chi connectivity index (χ0n) is 13.4. The fourth-order valence-electron chi connectivity index (χ4n) is 2.55. The fraction of sp³-hybridized carbons (Fsp3) is 0.0588. The summed E-state index contributed by atoms with van der Waals surface area (Å²) in [6, 6.07) is 8.79. The van der Waals surface area contributed by atoms with E-state index in [1.165, 1.54) is 23.0 Å². The van der Waals surface area contributed by atoms with Crippen molar-refractivity contribution in [1.29, 1.82) is 0 Å². The molecule has 6 nitrogen and oxygen atoms in total. The number of anilines is 2. The van der Waals surface area contributed by atoms with Crippen LogP contribution in [0, 0.1) is 0 Å². The number of hydrogen-bond acceptors (Lipinski definition) is 5. The van der Waals surface area contributed by atoms with E-state index in [0.717, 1.165) is 17.1 Å². The number of halogens is 4. The lowest BCUT2D eigenvalue weighted by atomic mass is 10.2. The summed E-state index contributed by atoms with van der Waals surface area (Å²) in [5.74, 6) is 0.145. The van der Waals surface area contributed by atoms with Crippen LogP contribution < -0.4 is 5.32 Å². The van der Waals surface area contributed by atoms with Gasteiger partial charge in [-0.3, -0.25) is 0 Å². The van der Waals surface area contributed by atoms with Crippen molar-refractivity contribution in [2.75, 3.05) is 5.32 Å². The van der Waals surface area contributed by atoms with Gasteiger partial charge in [0.2, 0.25) is 5.95 Å². The Bertz CT molecular complexity index is 1130. The smallest absolute Gasteiger partial charge is 0.324 e. The van der Waals surface area contributed by atoms with Crippen molar-refractivity contribution in [1.82, 2.24) is 24.8 Å². The Hall–Kier alpha value is -3.20. The summed E-state index contributed by atoms with van der Waals surface area (Å²) in [6.45, 7) is 0. The molecule has 0 radical (unpaired) electrons. The average Bonchev–Trinajstić information content (AvgIpc) is 3.07. The van der Waals surface area contributed by atoms with Crippen LogP contribution in [0.25, 0.3) is 16.8 Å². The molecule has 4 rings (SSSR count). The number of hydrogen-bond donors (Lipinski definition) is 1. The monoisotopic (exact) mass is 390 g/mol. The topological polar surface area (TPSA) is 68.0 Å². The normalized spacial score (nSPS) is 11.7. The van der Waals surface area contributed by atoms with E-state index < -0.39 is 11.7 Å². The summed E-state index contributed by atoms with van der Waals surface area (Å²) < 4.78 is 40.5. The Morgan fingerprint density at radius 3 is 2.70 bits per heavy atom. The van der Waals surface area contributed by atoms with E-state index in [1.807, 2.05) is 6.07 Å². The number of nitrogens with zero attached hydrogens (tertiary/aromatic N) is 5. The SMILES string of the molecule is FC(F)(F)c1cc(Nc2nccc(-c3cnn4ncccc34)n2)ccc1Cl. The van der Waals surface area contributed by atoms with E-state index >= 15 is 0 Å². The maximum atomic E-state index is 13.0. The number of alkyl halides is 3. The lowest BCUT2D eigenvalue weighted by Gasteiger charge is -2.12. The third kappa shape index (κ3) is 3.41. The van der Waals surface area contributed by atoms with Gasteiger partial charge in [-0.2, -0.15) is 28.0 Å². The molecule has 0 atom stereocenters. The molecule has 0 spiro atoms. The van der Waals surface area contributed by atoms with Crippen molar-refractivity contribution in [3.8, 4) is 11.3 Å². The quantitative estimate of drug-likeness (QED) is 0.553. The van der Waals surface area contributed by atoms with E-state index in [0.29, 0.717) is 5.69 Å². The van der Waals surface area contributed by atoms with Crippen LogP contribution in [-0.4, -0.2) is 24.8 Å². The van der Waals surface area contributed by atoms with Gasteiger partial charge in [0, 0.05) is 23.6 Å². The summed E-state index contributed by atoms with van der Waals surface area (Å²) in [4.78, 5) is 8.42. The second kappa shape index (κ2) is 6.51. The molecule has 0 bridgehead atoms. The Labute approximate surface area is 155 Å². The van der Waals surface area contributed by atoms with Gasteiger partial charge >= 0.3 is 6.18 Å². The van der Waals surface area contributed by atoms with Gasteiger partial charge in [-0.05, 0) is 36.4 Å².